The molecule has 0 spiro atoms. The molecule has 0 radical (unpaired) electrons. The third kappa shape index (κ3) is 4.28. The van der Waals surface area contributed by atoms with Crippen molar-refractivity contribution in [2.75, 3.05) is 20.3 Å². The highest BCUT2D eigenvalue weighted by Gasteiger charge is 2.55. The second kappa shape index (κ2) is 8.12. The second-order valence-electron chi connectivity index (χ2n) is 6.73. The number of hydrogen-bond donors (Lipinski definition) is 4. The Balaban J connectivity index is 1.71. The zero-order valence-electron chi connectivity index (χ0n) is 14.7. The van der Waals surface area contributed by atoms with Crippen molar-refractivity contribution in [3.05, 3.63) is 0 Å². The van der Waals surface area contributed by atoms with Gasteiger partial charge in [-0.2, -0.15) is 8.42 Å². The van der Waals surface area contributed by atoms with Crippen LogP contribution in [-0.2, 0) is 38.3 Å². The smallest absolute Gasteiger partial charge is 0.394 e. The Morgan fingerprint density at radius 2 is 1.81 bits per heavy atom. The summed E-state index contributed by atoms with van der Waals surface area (Å²) in [6.45, 7) is 0.957. The van der Waals surface area contributed by atoms with E-state index in [4.69, 9.17) is 28.2 Å². The van der Waals surface area contributed by atoms with Gasteiger partial charge in [0.25, 0.3) is 0 Å². The summed E-state index contributed by atoms with van der Waals surface area (Å²) in [7, 11) is -3.44. The van der Waals surface area contributed by atoms with Crippen LogP contribution in [0.1, 0.15) is 6.92 Å². The lowest BCUT2D eigenvalue weighted by Gasteiger charge is -2.44. The number of aliphatic hydroxyl groups excluding tert-OH is 3. The average molecular weight is 416 g/mol. The fourth-order valence-corrected chi connectivity index (χ4v) is 4.18. The van der Waals surface area contributed by atoms with Crippen LogP contribution in [0.3, 0.4) is 0 Å². The van der Waals surface area contributed by atoms with E-state index in [9.17, 15) is 23.7 Å². The highest BCUT2D eigenvalue weighted by atomic mass is 32.3. The summed E-state index contributed by atoms with van der Waals surface area (Å²) >= 11 is 0. The first-order chi connectivity index (χ1) is 12.7. The van der Waals surface area contributed by atoms with E-state index >= 15 is 0 Å². The Kier molecular flexibility index (Phi) is 6.39. The van der Waals surface area contributed by atoms with Gasteiger partial charge in [-0.25, -0.2) is 4.18 Å². The first-order valence-corrected chi connectivity index (χ1v) is 9.76. The fourth-order valence-electron chi connectivity index (χ4n) is 3.60. The molecule has 3 heterocycles. The summed E-state index contributed by atoms with van der Waals surface area (Å²) in [5, 5.41) is 30.2. The van der Waals surface area contributed by atoms with Crippen LogP contribution in [0.25, 0.3) is 0 Å². The van der Waals surface area contributed by atoms with Crippen LogP contribution in [0, 0.1) is 5.92 Å². The number of aliphatic hydroxyl groups is 3. The maximum atomic E-state index is 11.0. The van der Waals surface area contributed by atoms with E-state index in [0.717, 1.165) is 0 Å². The molecule has 0 unspecified atom stereocenters. The van der Waals surface area contributed by atoms with Gasteiger partial charge >= 0.3 is 10.4 Å². The molecular weight excluding hydrogens is 392 g/mol. The Morgan fingerprint density at radius 3 is 2.41 bits per heavy atom. The summed E-state index contributed by atoms with van der Waals surface area (Å²) in [4.78, 5) is 0. The van der Waals surface area contributed by atoms with Crippen LogP contribution in [0.4, 0.5) is 0 Å². The zero-order valence-corrected chi connectivity index (χ0v) is 15.5. The number of methoxy groups -OCH3 is 1. The topological polar surface area (TPSA) is 170 Å². The van der Waals surface area contributed by atoms with Gasteiger partial charge < -0.3 is 39.0 Å². The van der Waals surface area contributed by atoms with Gasteiger partial charge in [-0.15, -0.1) is 0 Å². The summed E-state index contributed by atoms with van der Waals surface area (Å²) < 4.78 is 62.7. The maximum Gasteiger partial charge on any atom is 0.397 e. The fraction of sp³-hybridized carbons (Fsp3) is 1.00. The molecule has 0 aliphatic carbocycles. The molecule has 3 saturated heterocycles. The minimum absolute atomic E-state index is 0.141. The van der Waals surface area contributed by atoms with Crippen LogP contribution in [0.2, 0.25) is 0 Å². The van der Waals surface area contributed by atoms with Gasteiger partial charge in [-0.05, 0) is 0 Å². The molecule has 3 fully saturated rings. The molecule has 0 saturated carbocycles. The molecule has 0 aromatic carbocycles. The number of ether oxygens (including phenoxy) is 5. The molecule has 158 valence electrons. The van der Waals surface area contributed by atoms with E-state index in [-0.39, 0.29) is 6.61 Å². The SMILES string of the molecule is CO[C@H]1O[C@@H]2CO[C@H]([C@H]1O)[C@H]2O[C@@H]1O[C@H](CO)[C@H](OS(=O)(=O)O)[C@H](C)[C@H]1O. The van der Waals surface area contributed by atoms with Crippen molar-refractivity contribution in [1.82, 2.24) is 0 Å². The predicted molar refractivity (Wildman–Crippen MR) is 83.6 cm³/mol. The summed E-state index contributed by atoms with van der Waals surface area (Å²) in [6.07, 6.45) is -9.27. The predicted octanol–water partition coefficient (Wildman–Crippen LogP) is -2.60. The molecule has 3 rings (SSSR count). The van der Waals surface area contributed by atoms with E-state index in [1.54, 1.807) is 0 Å². The molecule has 0 aromatic heterocycles. The molecule has 3 aliphatic heterocycles. The van der Waals surface area contributed by atoms with Crippen molar-refractivity contribution < 1.29 is 56.2 Å². The third-order valence-corrected chi connectivity index (χ3v) is 5.48. The highest BCUT2D eigenvalue weighted by molar-refractivity contribution is 7.80. The van der Waals surface area contributed by atoms with Crippen LogP contribution in [-0.4, -0.2) is 104 Å². The van der Waals surface area contributed by atoms with Crippen molar-refractivity contribution in [3.63, 3.8) is 0 Å². The van der Waals surface area contributed by atoms with Crippen LogP contribution >= 0.6 is 0 Å². The zero-order chi connectivity index (χ0) is 19.9. The van der Waals surface area contributed by atoms with E-state index in [0.29, 0.717) is 0 Å². The largest absolute Gasteiger partial charge is 0.397 e. The molecule has 3 aliphatic rings. The van der Waals surface area contributed by atoms with Crippen LogP contribution in [0.5, 0.6) is 0 Å². The van der Waals surface area contributed by atoms with Crippen molar-refractivity contribution >= 4 is 10.4 Å². The molecule has 13 heteroatoms. The normalized spacial score (nSPS) is 47.9. The first-order valence-electron chi connectivity index (χ1n) is 8.39. The van der Waals surface area contributed by atoms with E-state index in [2.05, 4.69) is 4.18 Å². The molecule has 27 heavy (non-hydrogen) atoms. The molecule has 0 aromatic rings. The first kappa shape index (κ1) is 21.3. The van der Waals surface area contributed by atoms with Gasteiger partial charge in [0, 0.05) is 13.0 Å². The van der Waals surface area contributed by atoms with Gasteiger partial charge in [-0.1, -0.05) is 6.92 Å². The molecule has 10 atom stereocenters. The lowest BCUT2D eigenvalue weighted by Crippen LogP contribution is -2.60. The van der Waals surface area contributed by atoms with Crippen molar-refractivity contribution in [2.24, 2.45) is 5.92 Å². The van der Waals surface area contributed by atoms with Crippen molar-refractivity contribution in [3.8, 4) is 0 Å². The van der Waals surface area contributed by atoms with Crippen LogP contribution in [0.15, 0.2) is 0 Å². The lowest BCUT2D eigenvalue weighted by molar-refractivity contribution is -0.329. The maximum absolute atomic E-state index is 11.0. The van der Waals surface area contributed by atoms with Gasteiger partial charge in [0.15, 0.2) is 12.6 Å². The number of fused-ring (bicyclic) bond motifs is 2. The average Bonchev–Trinajstić information content (AvgIpc) is 2.91. The van der Waals surface area contributed by atoms with Gasteiger partial charge in [0.1, 0.15) is 42.7 Å². The second-order valence-corrected chi connectivity index (χ2v) is 7.78. The van der Waals surface area contributed by atoms with E-state index in [1.165, 1.54) is 14.0 Å². The third-order valence-electron chi connectivity index (χ3n) is 5.01. The van der Waals surface area contributed by atoms with Gasteiger partial charge in [0.2, 0.25) is 0 Å². The van der Waals surface area contributed by atoms with Gasteiger partial charge in [-0.3, -0.25) is 4.55 Å². The Labute approximate surface area is 155 Å². The molecular formula is C14H24O12S. The summed E-state index contributed by atoms with van der Waals surface area (Å²) in [6, 6.07) is 0. The van der Waals surface area contributed by atoms with Crippen LogP contribution < -0.4 is 0 Å². The standard InChI is InChI=1S/C14H24O12S/c1-5-8(16)14(23-6(3-15)10(5)26-27(18,19)20)25-11-7-4-22-12(11)9(17)13(21-2)24-7/h5-17H,3-4H2,1-2H3,(H,18,19,20)/t5-,6-,7-,8-,9-,10-,11+,12-,13+,14+/m1/s1. The summed E-state index contributed by atoms with van der Waals surface area (Å²) in [5.74, 6) is -0.873. The number of hydrogen-bond acceptors (Lipinski definition) is 11. The van der Waals surface area contributed by atoms with Crippen molar-refractivity contribution in [1.29, 1.82) is 0 Å². The highest BCUT2D eigenvalue weighted by Crippen LogP contribution is 2.36. The Morgan fingerprint density at radius 1 is 1.11 bits per heavy atom. The lowest BCUT2D eigenvalue weighted by atomic mass is 9.90. The molecule has 4 N–H and O–H groups in total. The monoisotopic (exact) mass is 416 g/mol. The molecule has 0 amide bonds. The minimum Gasteiger partial charge on any atom is -0.394 e. The molecule has 2 bridgehead atoms. The Hall–Kier alpha value is -0.450. The van der Waals surface area contributed by atoms with Crippen molar-refractivity contribution in [2.45, 2.75) is 62.2 Å². The summed E-state index contributed by atoms with van der Waals surface area (Å²) in [5.41, 5.74) is 0. The Bertz CT molecular complexity index is 611. The quantitative estimate of drug-likeness (QED) is 0.334. The van der Waals surface area contributed by atoms with E-state index < -0.39 is 78.2 Å². The van der Waals surface area contributed by atoms with E-state index in [1.807, 2.05) is 0 Å². The van der Waals surface area contributed by atoms with Gasteiger partial charge in [0.05, 0.1) is 13.2 Å². The minimum atomic E-state index is -4.82. The molecule has 12 nitrogen and oxygen atoms in total. The number of rotatable bonds is 6.